The molecule has 0 aliphatic carbocycles. The van der Waals surface area contributed by atoms with E-state index in [1.807, 2.05) is 26.3 Å². The molecule has 2 heterocycles. The van der Waals surface area contributed by atoms with Gasteiger partial charge in [0.05, 0.1) is 12.2 Å². The first-order valence-electron chi connectivity index (χ1n) is 4.43. The molecule has 1 N–H and O–H groups in total. The first-order valence-corrected chi connectivity index (χ1v) is 4.43. The van der Waals surface area contributed by atoms with Crippen molar-refractivity contribution in [2.24, 2.45) is 4.99 Å². The Hall–Kier alpha value is 0.126. The van der Waals surface area contributed by atoms with Crippen LogP contribution in [0, 0.1) is 6.42 Å². The number of nitrogens with one attached hydrogen (secondary N) is 1. The molecule has 1 amide bonds. The maximum atomic E-state index is 11.1. The number of nitrogens with zero attached hydrogens (tertiary/aromatic N) is 1. The van der Waals surface area contributed by atoms with E-state index in [0.29, 0.717) is 12.1 Å². The standard InChI is InChI=1S/C8H7N2O.C2H6.K/c11-8-6-3-1-2-4-9-7(6)5-10-8;1-2;/h1-4H,5H2,(H,10,11);1-2H3;/q-1;;+1. The minimum absolute atomic E-state index is 0. The predicted octanol–water partition coefficient (Wildman–Crippen LogP) is -1.75. The largest absolute Gasteiger partial charge is 1.00 e. The van der Waals surface area contributed by atoms with Crippen molar-refractivity contribution in [2.45, 2.75) is 13.8 Å². The number of carbonyl (C=O) groups excluding carboxylic acids is 1. The third-order valence-electron chi connectivity index (χ3n) is 1.66. The molecule has 0 saturated carbocycles. The molecule has 0 aromatic carbocycles. The molecule has 0 aromatic heterocycles. The van der Waals surface area contributed by atoms with Gasteiger partial charge in [-0.3, -0.25) is 9.79 Å². The molecule has 0 atom stereocenters. The van der Waals surface area contributed by atoms with Gasteiger partial charge in [0.25, 0.3) is 0 Å². The van der Waals surface area contributed by atoms with E-state index in [1.165, 1.54) is 0 Å². The summed E-state index contributed by atoms with van der Waals surface area (Å²) in [4.78, 5) is 15.1. The van der Waals surface area contributed by atoms with Crippen LogP contribution in [-0.2, 0) is 4.79 Å². The molecule has 3 nitrogen and oxygen atoms in total. The Morgan fingerprint density at radius 1 is 1.50 bits per heavy atom. The van der Waals surface area contributed by atoms with Crippen molar-refractivity contribution in [3.63, 3.8) is 0 Å². The smallest absolute Gasteiger partial charge is 0.348 e. The molecule has 14 heavy (non-hydrogen) atoms. The van der Waals surface area contributed by atoms with Gasteiger partial charge in [0.1, 0.15) is 0 Å². The summed E-state index contributed by atoms with van der Waals surface area (Å²) in [6, 6.07) is 0. The fraction of sp³-hybridized carbons (Fsp3) is 0.300. The van der Waals surface area contributed by atoms with Crippen molar-refractivity contribution in [1.82, 2.24) is 5.32 Å². The Kier molecular flexibility index (Phi) is 7.49. The molecule has 0 fully saturated rings. The van der Waals surface area contributed by atoms with Gasteiger partial charge in [-0.25, -0.2) is 6.08 Å². The minimum Gasteiger partial charge on any atom is -0.348 e. The first kappa shape index (κ1) is 14.1. The topological polar surface area (TPSA) is 41.5 Å². The first-order chi connectivity index (χ1) is 6.38. The van der Waals surface area contributed by atoms with Crippen LogP contribution in [0.15, 0.2) is 28.4 Å². The number of hydrogen-bond acceptors (Lipinski definition) is 2. The summed E-state index contributed by atoms with van der Waals surface area (Å²) >= 11 is 0. The second-order valence-electron chi connectivity index (χ2n) is 2.37. The van der Waals surface area contributed by atoms with Crippen molar-refractivity contribution in [3.8, 4) is 0 Å². The molecule has 4 heteroatoms. The molecule has 0 aromatic rings. The van der Waals surface area contributed by atoms with Gasteiger partial charge in [-0.15, -0.1) is 0 Å². The summed E-state index contributed by atoms with van der Waals surface area (Å²) in [7, 11) is 0. The Labute approximate surface area is 127 Å². The van der Waals surface area contributed by atoms with E-state index in [-0.39, 0.29) is 57.3 Å². The normalized spacial score (nSPS) is 16.9. The van der Waals surface area contributed by atoms with Crippen LogP contribution >= 0.6 is 0 Å². The third-order valence-corrected chi connectivity index (χ3v) is 1.66. The molecular weight excluding hydrogens is 203 g/mol. The Morgan fingerprint density at radius 2 is 2.21 bits per heavy atom. The van der Waals surface area contributed by atoms with E-state index in [9.17, 15) is 4.79 Å². The maximum absolute atomic E-state index is 11.1. The summed E-state index contributed by atoms with van der Waals surface area (Å²) in [5.41, 5.74) is 1.52. The second kappa shape index (κ2) is 7.42. The monoisotopic (exact) mass is 216 g/mol. The van der Waals surface area contributed by atoms with E-state index in [2.05, 4.69) is 10.3 Å². The van der Waals surface area contributed by atoms with Gasteiger partial charge < -0.3 is 5.32 Å². The van der Waals surface area contributed by atoms with Crippen LogP contribution in [-0.4, -0.2) is 18.7 Å². The van der Waals surface area contributed by atoms with E-state index < -0.39 is 0 Å². The molecule has 0 saturated heterocycles. The molecule has 2 aliphatic heterocycles. The van der Waals surface area contributed by atoms with Crippen LogP contribution in [0.25, 0.3) is 0 Å². The zero-order valence-electron chi connectivity index (χ0n) is 8.87. The van der Waals surface area contributed by atoms with Crippen LogP contribution in [0.2, 0.25) is 0 Å². The van der Waals surface area contributed by atoms with Crippen LogP contribution in [0.5, 0.6) is 0 Å². The quantitative estimate of drug-likeness (QED) is 0.378. The zero-order chi connectivity index (χ0) is 9.68. The van der Waals surface area contributed by atoms with Gasteiger partial charge in [0.2, 0.25) is 5.91 Å². The van der Waals surface area contributed by atoms with Gasteiger partial charge >= 0.3 is 51.4 Å². The van der Waals surface area contributed by atoms with Crippen molar-refractivity contribution < 1.29 is 56.2 Å². The number of hydrogen-bond donors (Lipinski definition) is 1. The van der Waals surface area contributed by atoms with Gasteiger partial charge in [-0.1, -0.05) is 20.1 Å². The number of allylic oxidation sites excluding steroid dienone is 1. The summed E-state index contributed by atoms with van der Waals surface area (Å²) < 4.78 is 0. The number of aliphatic imine (C=N–C) groups is 1. The van der Waals surface area contributed by atoms with Crippen LogP contribution in [0.4, 0.5) is 0 Å². The average molecular weight is 216 g/mol. The van der Waals surface area contributed by atoms with Crippen molar-refractivity contribution in [3.05, 3.63) is 29.8 Å². The summed E-state index contributed by atoms with van der Waals surface area (Å²) in [5, 5.41) is 2.70. The molecule has 2 rings (SSSR count). The van der Waals surface area contributed by atoms with Gasteiger partial charge in [0, 0.05) is 0 Å². The summed E-state index contributed by atoms with van der Waals surface area (Å²) in [6.07, 6.45) is 7.10. The van der Waals surface area contributed by atoms with Crippen molar-refractivity contribution >= 4 is 12.1 Å². The van der Waals surface area contributed by atoms with Crippen LogP contribution in [0.3, 0.4) is 0 Å². The van der Waals surface area contributed by atoms with E-state index >= 15 is 0 Å². The van der Waals surface area contributed by atoms with Gasteiger partial charge in [-0.05, 0) is 5.57 Å². The second-order valence-corrected chi connectivity index (χ2v) is 2.37. The molecule has 0 unspecified atom stereocenters. The SMILES string of the molecule is CC.O=C1NCC2=C1C=C[CH-]C=N2.[K+]. The number of carbonyl (C=O) groups is 1. The maximum Gasteiger partial charge on any atom is 1.00 e. The molecule has 70 valence electrons. The van der Waals surface area contributed by atoms with Crippen molar-refractivity contribution in [1.29, 1.82) is 0 Å². The fourth-order valence-corrected chi connectivity index (χ4v) is 1.11. The molecule has 2 aliphatic rings. The molecule has 0 spiro atoms. The van der Waals surface area contributed by atoms with Gasteiger partial charge in [-0.2, -0.15) is 12.5 Å². The van der Waals surface area contributed by atoms with Crippen LogP contribution < -0.4 is 56.7 Å². The van der Waals surface area contributed by atoms with E-state index in [4.69, 9.17) is 0 Å². The predicted molar refractivity (Wildman–Crippen MR) is 53.3 cm³/mol. The average Bonchev–Trinajstić information content (AvgIpc) is 2.44. The van der Waals surface area contributed by atoms with E-state index in [1.54, 1.807) is 12.3 Å². The third kappa shape index (κ3) is 3.36. The number of rotatable bonds is 0. The summed E-state index contributed by atoms with van der Waals surface area (Å²) in [5.74, 6) is -0.0244. The molecule has 0 radical (unpaired) electrons. The summed E-state index contributed by atoms with van der Waals surface area (Å²) in [6.45, 7) is 4.56. The molecular formula is C10H13KN2O. The van der Waals surface area contributed by atoms with Crippen LogP contribution in [0.1, 0.15) is 13.8 Å². The van der Waals surface area contributed by atoms with Gasteiger partial charge in [0.15, 0.2) is 0 Å². The zero-order valence-corrected chi connectivity index (χ0v) is 12.0. The Balaban J connectivity index is 0.000000531. The Morgan fingerprint density at radius 3 is 2.93 bits per heavy atom. The fourth-order valence-electron chi connectivity index (χ4n) is 1.11. The number of amides is 1. The molecule has 0 bridgehead atoms. The Bertz CT molecular complexity index is 292. The minimum atomic E-state index is -0.0244. The van der Waals surface area contributed by atoms with Crippen molar-refractivity contribution in [2.75, 3.05) is 6.54 Å². The van der Waals surface area contributed by atoms with E-state index in [0.717, 1.165) is 5.70 Å².